The lowest BCUT2D eigenvalue weighted by atomic mass is 9.97. The summed E-state index contributed by atoms with van der Waals surface area (Å²) in [6, 6.07) is 1.72. The number of piperidine rings is 1. The van der Waals surface area contributed by atoms with Gasteiger partial charge in [-0.2, -0.15) is 0 Å². The first-order chi connectivity index (χ1) is 14.0. The van der Waals surface area contributed by atoms with Crippen molar-refractivity contribution in [2.24, 2.45) is 5.92 Å². The standard InChI is InChI=1S/C19H28N6O4/c1-13(2)15-9-17(29-22-15)19(27)24-7-4-5-14(10-24)11-25-12-16(21-23-25)18(26)20-6-8-28-3/h9,12-14H,4-8,10-11H2,1-3H3,(H,20,26)/t14-/m1/s1. The van der Waals surface area contributed by atoms with Crippen LogP contribution < -0.4 is 5.32 Å². The van der Waals surface area contributed by atoms with E-state index in [1.165, 1.54) is 0 Å². The van der Waals surface area contributed by atoms with Crippen LogP contribution in [0.5, 0.6) is 0 Å². The molecule has 0 bridgehead atoms. The Morgan fingerprint density at radius 1 is 1.41 bits per heavy atom. The Labute approximate surface area is 169 Å². The summed E-state index contributed by atoms with van der Waals surface area (Å²) >= 11 is 0. The molecular formula is C19H28N6O4. The average molecular weight is 404 g/mol. The quantitative estimate of drug-likeness (QED) is 0.660. The maximum absolute atomic E-state index is 12.7. The lowest BCUT2D eigenvalue weighted by molar-refractivity contribution is 0.0617. The molecule has 0 aromatic carbocycles. The van der Waals surface area contributed by atoms with Crippen LogP contribution in [0.4, 0.5) is 0 Å². The molecule has 3 heterocycles. The molecule has 1 aliphatic heterocycles. The number of carbonyl (C=O) groups is 2. The number of hydrogen-bond donors (Lipinski definition) is 1. The molecule has 0 radical (unpaired) electrons. The van der Waals surface area contributed by atoms with Crippen molar-refractivity contribution >= 4 is 11.8 Å². The lowest BCUT2D eigenvalue weighted by Gasteiger charge is -2.31. The van der Waals surface area contributed by atoms with Gasteiger partial charge in [-0.1, -0.05) is 24.2 Å². The van der Waals surface area contributed by atoms with E-state index in [2.05, 4.69) is 20.8 Å². The predicted octanol–water partition coefficient (Wildman–Crippen LogP) is 1.32. The fourth-order valence-electron chi connectivity index (χ4n) is 3.33. The topological polar surface area (TPSA) is 115 Å². The predicted molar refractivity (Wildman–Crippen MR) is 103 cm³/mol. The number of rotatable bonds is 8. The van der Waals surface area contributed by atoms with Crippen molar-refractivity contribution in [1.29, 1.82) is 0 Å². The van der Waals surface area contributed by atoms with Gasteiger partial charge in [0.25, 0.3) is 11.8 Å². The van der Waals surface area contributed by atoms with E-state index in [1.54, 1.807) is 29.0 Å². The Kier molecular flexibility index (Phi) is 6.97. The van der Waals surface area contributed by atoms with Crippen LogP contribution in [0.15, 0.2) is 16.8 Å². The van der Waals surface area contributed by atoms with Gasteiger partial charge in [0.1, 0.15) is 0 Å². The van der Waals surface area contributed by atoms with Gasteiger partial charge in [-0.25, -0.2) is 0 Å². The molecule has 1 aliphatic rings. The van der Waals surface area contributed by atoms with Gasteiger partial charge in [0.15, 0.2) is 5.69 Å². The van der Waals surface area contributed by atoms with Crippen molar-refractivity contribution in [2.45, 2.75) is 39.2 Å². The van der Waals surface area contributed by atoms with E-state index in [9.17, 15) is 9.59 Å². The minimum absolute atomic E-state index is 0.133. The summed E-state index contributed by atoms with van der Waals surface area (Å²) < 4.78 is 11.8. The summed E-state index contributed by atoms with van der Waals surface area (Å²) in [4.78, 5) is 26.6. The summed E-state index contributed by atoms with van der Waals surface area (Å²) in [5.41, 5.74) is 1.05. The van der Waals surface area contributed by atoms with Crippen LogP contribution >= 0.6 is 0 Å². The number of methoxy groups -OCH3 is 1. The number of aromatic nitrogens is 4. The smallest absolute Gasteiger partial charge is 0.292 e. The number of nitrogens with one attached hydrogen (secondary N) is 1. The number of likely N-dealkylation sites (tertiary alicyclic amines) is 1. The summed E-state index contributed by atoms with van der Waals surface area (Å²) in [6.07, 6.45) is 3.52. The molecule has 2 aromatic rings. The monoisotopic (exact) mass is 404 g/mol. The molecule has 10 nitrogen and oxygen atoms in total. The molecule has 29 heavy (non-hydrogen) atoms. The maximum Gasteiger partial charge on any atom is 0.292 e. The lowest BCUT2D eigenvalue weighted by Crippen LogP contribution is -2.41. The van der Waals surface area contributed by atoms with Crippen molar-refractivity contribution in [3.8, 4) is 0 Å². The van der Waals surface area contributed by atoms with Gasteiger partial charge in [0.2, 0.25) is 5.76 Å². The highest BCUT2D eigenvalue weighted by Crippen LogP contribution is 2.21. The second-order valence-corrected chi connectivity index (χ2v) is 7.60. The van der Waals surface area contributed by atoms with E-state index >= 15 is 0 Å². The highest BCUT2D eigenvalue weighted by molar-refractivity contribution is 5.92. The van der Waals surface area contributed by atoms with Crippen LogP contribution in [0, 0.1) is 5.92 Å². The zero-order valence-electron chi connectivity index (χ0n) is 17.1. The van der Waals surface area contributed by atoms with Gasteiger partial charge in [-0.05, 0) is 24.7 Å². The summed E-state index contributed by atoms with van der Waals surface area (Å²) in [5, 5.41) is 14.7. The largest absolute Gasteiger partial charge is 0.383 e. The number of amides is 2. The fourth-order valence-corrected chi connectivity index (χ4v) is 3.33. The van der Waals surface area contributed by atoms with Crippen molar-refractivity contribution < 1.29 is 18.8 Å². The Morgan fingerprint density at radius 3 is 2.97 bits per heavy atom. The molecular weight excluding hydrogens is 376 g/mol. The third-order valence-electron chi connectivity index (χ3n) is 4.95. The Bertz CT molecular complexity index is 830. The zero-order chi connectivity index (χ0) is 20.8. The highest BCUT2D eigenvalue weighted by atomic mass is 16.5. The van der Waals surface area contributed by atoms with Crippen LogP contribution in [0.1, 0.15) is 59.3 Å². The molecule has 0 unspecified atom stereocenters. The molecule has 0 saturated carbocycles. The van der Waals surface area contributed by atoms with Crippen molar-refractivity contribution in [1.82, 2.24) is 30.4 Å². The molecule has 2 aromatic heterocycles. The Balaban J connectivity index is 1.55. The van der Waals surface area contributed by atoms with Crippen molar-refractivity contribution in [3.05, 3.63) is 29.4 Å². The summed E-state index contributed by atoms with van der Waals surface area (Å²) in [6.45, 7) is 6.76. The Hall–Kier alpha value is -2.75. The molecule has 1 saturated heterocycles. The van der Waals surface area contributed by atoms with E-state index in [-0.39, 0.29) is 35.1 Å². The number of hydrogen-bond acceptors (Lipinski definition) is 7. The number of ether oxygens (including phenoxy) is 1. The Morgan fingerprint density at radius 2 is 2.24 bits per heavy atom. The number of carbonyl (C=O) groups excluding carboxylic acids is 2. The summed E-state index contributed by atoms with van der Waals surface area (Å²) in [7, 11) is 1.58. The summed E-state index contributed by atoms with van der Waals surface area (Å²) in [5.74, 6) is 0.310. The normalized spacial score (nSPS) is 17.0. The van der Waals surface area contributed by atoms with Crippen LogP contribution in [0.2, 0.25) is 0 Å². The van der Waals surface area contributed by atoms with Crippen molar-refractivity contribution in [3.63, 3.8) is 0 Å². The minimum atomic E-state index is -0.278. The van der Waals surface area contributed by atoms with Gasteiger partial charge in [-0.3, -0.25) is 14.3 Å². The molecule has 3 rings (SSSR count). The third kappa shape index (κ3) is 5.41. The third-order valence-corrected chi connectivity index (χ3v) is 4.95. The average Bonchev–Trinajstić information content (AvgIpc) is 3.38. The van der Waals surface area contributed by atoms with Crippen LogP contribution in [0.3, 0.4) is 0 Å². The molecule has 1 fully saturated rings. The highest BCUT2D eigenvalue weighted by Gasteiger charge is 2.28. The van der Waals surface area contributed by atoms with E-state index < -0.39 is 0 Å². The first-order valence-corrected chi connectivity index (χ1v) is 9.91. The second kappa shape index (κ2) is 9.64. The first kappa shape index (κ1) is 21.0. The van der Waals surface area contributed by atoms with Gasteiger partial charge < -0.3 is 19.5 Å². The zero-order valence-corrected chi connectivity index (χ0v) is 17.1. The van der Waals surface area contributed by atoms with Crippen LogP contribution in [-0.4, -0.2) is 70.2 Å². The molecule has 0 spiro atoms. The molecule has 1 N–H and O–H groups in total. The van der Waals surface area contributed by atoms with Gasteiger partial charge in [-0.15, -0.1) is 5.10 Å². The van der Waals surface area contributed by atoms with E-state index in [0.717, 1.165) is 18.5 Å². The molecule has 10 heteroatoms. The number of nitrogens with zero attached hydrogens (tertiary/aromatic N) is 5. The van der Waals surface area contributed by atoms with Gasteiger partial charge in [0.05, 0.1) is 18.5 Å². The minimum Gasteiger partial charge on any atom is -0.383 e. The van der Waals surface area contributed by atoms with Gasteiger partial charge >= 0.3 is 0 Å². The molecule has 2 amide bonds. The van der Waals surface area contributed by atoms with Crippen molar-refractivity contribution in [2.75, 3.05) is 33.4 Å². The van der Waals surface area contributed by atoms with Crippen LogP contribution in [-0.2, 0) is 11.3 Å². The second-order valence-electron chi connectivity index (χ2n) is 7.60. The molecule has 158 valence electrons. The van der Waals surface area contributed by atoms with Crippen LogP contribution in [0.25, 0.3) is 0 Å². The molecule has 0 aliphatic carbocycles. The first-order valence-electron chi connectivity index (χ1n) is 9.91. The maximum atomic E-state index is 12.7. The van der Waals surface area contributed by atoms with E-state index in [1.807, 2.05) is 13.8 Å². The van der Waals surface area contributed by atoms with E-state index in [4.69, 9.17) is 9.26 Å². The van der Waals surface area contributed by atoms with Gasteiger partial charge in [0, 0.05) is 39.4 Å². The van der Waals surface area contributed by atoms with E-state index in [0.29, 0.717) is 32.8 Å². The molecule has 1 atom stereocenters. The fraction of sp³-hybridized carbons (Fsp3) is 0.632. The SMILES string of the molecule is COCCNC(=O)c1cn(C[C@@H]2CCCN(C(=O)c3cc(C(C)C)no3)C2)nn1.